The van der Waals surface area contributed by atoms with Crippen molar-refractivity contribution in [1.82, 2.24) is 10.2 Å². The van der Waals surface area contributed by atoms with Gasteiger partial charge in [0.15, 0.2) is 11.6 Å². The zero-order chi connectivity index (χ0) is 17.8. The molecule has 1 aromatic heterocycles. The minimum Gasteiger partial charge on any atom is -0.330 e. The number of amides is 2. The van der Waals surface area contributed by atoms with Crippen LogP contribution in [0.1, 0.15) is 42.2 Å². The fraction of sp³-hybridized carbons (Fsp3) is 0.421. The van der Waals surface area contributed by atoms with Crippen molar-refractivity contribution in [3.8, 4) is 0 Å². The van der Waals surface area contributed by atoms with E-state index in [9.17, 15) is 13.6 Å². The second kappa shape index (κ2) is 7.95. The van der Waals surface area contributed by atoms with Gasteiger partial charge in [-0.05, 0) is 47.9 Å². The van der Waals surface area contributed by atoms with Gasteiger partial charge in [-0.25, -0.2) is 13.6 Å². The van der Waals surface area contributed by atoms with Gasteiger partial charge in [-0.3, -0.25) is 0 Å². The molecule has 25 heavy (non-hydrogen) atoms. The quantitative estimate of drug-likeness (QED) is 0.787. The lowest BCUT2D eigenvalue weighted by Gasteiger charge is -2.27. The van der Waals surface area contributed by atoms with E-state index in [1.54, 1.807) is 18.4 Å². The highest BCUT2D eigenvalue weighted by molar-refractivity contribution is 7.10. The molecule has 1 N–H and O–H groups in total. The van der Waals surface area contributed by atoms with Gasteiger partial charge < -0.3 is 10.2 Å². The Morgan fingerprint density at radius 1 is 1.28 bits per heavy atom. The minimum atomic E-state index is -0.895. The molecule has 0 radical (unpaired) electrons. The third-order valence-electron chi connectivity index (χ3n) is 4.75. The van der Waals surface area contributed by atoms with Crippen LogP contribution in [0.15, 0.2) is 35.7 Å². The van der Waals surface area contributed by atoms with E-state index in [1.807, 2.05) is 11.4 Å². The number of benzene rings is 1. The molecule has 1 fully saturated rings. The topological polar surface area (TPSA) is 32.3 Å². The number of hydrogen-bond donors (Lipinski definition) is 1. The summed E-state index contributed by atoms with van der Waals surface area (Å²) in [6.45, 7) is 0.227. The van der Waals surface area contributed by atoms with E-state index in [2.05, 4.69) is 11.4 Å². The van der Waals surface area contributed by atoms with Gasteiger partial charge in [-0.2, -0.15) is 0 Å². The van der Waals surface area contributed by atoms with Crippen molar-refractivity contribution in [3.63, 3.8) is 0 Å². The minimum absolute atomic E-state index is 0.0161. The van der Waals surface area contributed by atoms with Crippen LogP contribution >= 0.6 is 11.3 Å². The van der Waals surface area contributed by atoms with Crippen molar-refractivity contribution in [2.75, 3.05) is 7.05 Å². The number of rotatable bonds is 5. The number of carbonyl (C=O) groups excluding carboxylic acids is 1. The van der Waals surface area contributed by atoms with Crippen LogP contribution in [0.2, 0.25) is 0 Å². The summed E-state index contributed by atoms with van der Waals surface area (Å²) in [5, 5.41) is 5.16. The van der Waals surface area contributed by atoms with Gasteiger partial charge in [0, 0.05) is 18.5 Å². The Morgan fingerprint density at radius 2 is 2.04 bits per heavy atom. The third-order valence-corrected chi connectivity index (χ3v) is 5.71. The van der Waals surface area contributed by atoms with E-state index >= 15 is 0 Å². The van der Waals surface area contributed by atoms with E-state index in [0.29, 0.717) is 11.5 Å². The number of nitrogens with one attached hydrogen (secondary N) is 1. The molecule has 1 aliphatic carbocycles. The van der Waals surface area contributed by atoms with Crippen LogP contribution in [0.4, 0.5) is 13.6 Å². The number of urea groups is 1. The zero-order valence-corrected chi connectivity index (χ0v) is 15.0. The molecule has 1 aliphatic rings. The molecule has 3 nitrogen and oxygen atoms in total. The predicted molar refractivity (Wildman–Crippen MR) is 95.4 cm³/mol. The lowest BCUT2D eigenvalue weighted by atomic mass is 9.97. The summed E-state index contributed by atoms with van der Waals surface area (Å²) in [7, 11) is 1.66. The molecule has 1 atom stereocenters. The fourth-order valence-corrected chi connectivity index (χ4v) is 4.28. The maximum Gasteiger partial charge on any atom is 0.317 e. The molecule has 1 unspecified atom stereocenters. The normalized spacial score (nSPS) is 16.0. The van der Waals surface area contributed by atoms with Gasteiger partial charge in [0.2, 0.25) is 0 Å². The zero-order valence-electron chi connectivity index (χ0n) is 14.2. The molecule has 2 amide bonds. The molecule has 3 rings (SSSR count). The van der Waals surface area contributed by atoms with E-state index in [-0.39, 0.29) is 18.6 Å². The molecule has 2 aromatic rings. The van der Waals surface area contributed by atoms with E-state index < -0.39 is 11.6 Å². The number of halogens is 2. The van der Waals surface area contributed by atoms with Gasteiger partial charge in [0.1, 0.15) is 0 Å². The van der Waals surface area contributed by atoms with Crippen LogP contribution in [0.25, 0.3) is 0 Å². The lowest BCUT2D eigenvalue weighted by molar-refractivity contribution is 0.197. The Morgan fingerprint density at radius 3 is 2.68 bits per heavy atom. The second-order valence-corrected chi connectivity index (χ2v) is 7.57. The lowest BCUT2D eigenvalue weighted by Crippen LogP contribution is -2.40. The number of carbonyl (C=O) groups is 1. The second-order valence-electron chi connectivity index (χ2n) is 6.59. The largest absolute Gasteiger partial charge is 0.330 e. The maximum atomic E-state index is 13.3. The average Bonchev–Trinajstić information content (AvgIpc) is 3.29. The van der Waals surface area contributed by atoms with Crippen molar-refractivity contribution in [1.29, 1.82) is 0 Å². The highest BCUT2D eigenvalue weighted by Crippen LogP contribution is 2.37. The first kappa shape index (κ1) is 17.9. The first-order valence-corrected chi connectivity index (χ1v) is 9.41. The van der Waals surface area contributed by atoms with Gasteiger partial charge in [0.25, 0.3) is 0 Å². The summed E-state index contributed by atoms with van der Waals surface area (Å²) < 4.78 is 26.4. The molecular weight excluding hydrogens is 342 g/mol. The summed E-state index contributed by atoms with van der Waals surface area (Å²) >= 11 is 1.65. The number of hydrogen-bond acceptors (Lipinski definition) is 2. The van der Waals surface area contributed by atoms with Crippen LogP contribution in [-0.2, 0) is 6.54 Å². The highest BCUT2D eigenvalue weighted by atomic mass is 32.1. The standard InChI is InChI=1S/C19H22F2N2OS/c1-23(12-13-8-9-15(20)16(21)11-13)19(24)22-18(14-5-2-3-6-14)17-7-4-10-25-17/h4,7-11,14,18H,2-3,5-6,12H2,1H3,(H,22,24). The Labute approximate surface area is 150 Å². The van der Waals surface area contributed by atoms with Crippen LogP contribution in [-0.4, -0.2) is 18.0 Å². The molecule has 1 saturated carbocycles. The van der Waals surface area contributed by atoms with Gasteiger partial charge in [0.05, 0.1) is 6.04 Å². The fourth-order valence-electron chi connectivity index (χ4n) is 3.41. The molecule has 0 saturated heterocycles. The summed E-state index contributed by atoms with van der Waals surface area (Å²) in [6.07, 6.45) is 4.64. The van der Waals surface area contributed by atoms with Crippen molar-refractivity contribution in [2.24, 2.45) is 5.92 Å². The molecule has 1 aromatic carbocycles. The van der Waals surface area contributed by atoms with Crippen molar-refractivity contribution >= 4 is 17.4 Å². The predicted octanol–water partition coefficient (Wildman–Crippen LogP) is 5.10. The summed E-state index contributed by atoms with van der Waals surface area (Å²) in [6, 6.07) is 7.59. The van der Waals surface area contributed by atoms with Crippen LogP contribution in [0.3, 0.4) is 0 Å². The van der Waals surface area contributed by atoms with Crippen molar-refractivity contribution in [3.05, 3.63) is 57.8 Å². The molecule has 0 bridgehead atoms. The molecule has 0 spiro atoms. The van der Waals surface area contributed by atoms with Crippen LogP contribution in [0.5, 0.6) is 0 Å². The molecular formula is C19H22F2N2OS. The summed E-state index contributed by atoms with van der Waals surface area (Å²) in [4.78, 5) is 15.3. The van der Waals surface area contributed by atoms with E-state index in [4.69, 9.17) is 0 Å². The van der Waals surface area contributed by atoms with Crippen molar-refractivity contribution in [2.45, 2.75) is 38.3 Å². The smallest absolute Gasteiger partial charge is 0.317 e. The Hall–Kier alpha value is -1.95. The van der Waals surface area contributed by atoms with E-state index in [0.717, 1.165) is 25.0 Å². The number of thiophene rings is 1. The molecule has 6 heteroatoms. The molecule has 134 valence electrons. The molecule has 1 heterocycles. The Kier molecular flexibility index (Phi) is 5.68. The van der Waals surface area contributed by atoms with Gasteiger partial charge >= 0.3 is 6.03 Å². The monoisotopic (exact) mass is 364 g/mol. The molecule has 0 aliphatic heterocycles. The van der Waals surface area contributed by atoms with Gasteiger partial charge in [-0.1, -0.05) is 25.0 Å². The van der Waals surface area contributed by atoms with Crippen LogP contribution in [0, 0.1) is 17.6 Å². The first-order chi connectivity index (χ1) is 12.0. The maximum absolute atomic E-state index is 13.3. The van der Waals surface area contributed by atoms with Crippen molar-refractivity contribution < 1.29 is 13.6 Å². The highest BCUT2D eigenvalue weighted by Gasteiger charge is 2.29. The summed E-state index contributed by atoms with van der Waals surface area (Å²) in [5.74, 6) is -1.32. The summed E-state index contributed by atoms with van der Waals surface area (Å²) in [5.41, 5.74) is 0.560. The van der Waals surface area contributed by atoms with Gasteiger partial charge in [-0.15, -0.1) is 11.3 Å². The average molecular weight is 364 g/mol. The van der Waals surface area contributed by atoms with E-state index in [1.165, 1.54) is 28.7 Å². The third kappa shape index (κ3) is 4.37. The van der Waals surface area contributed by atoms with Crippen LogP contribution < -0.4 is 5.32 Å². The first-order valence-electron chi connectivity index (χ1n) is 8.53. The number of nitrogens with zero attached hydrogens (tertiary/aromatic N) is 1. The SMILES string of the molecule is CN(Cc1ccc(F)c(F)c1)C(=O)NC(c1cccs1)C1CCCC1. The Bertz CT molecular complexity index is 714. The Balaban J connectivity index is 1.66.